The molecule has 0 bridgehead atoms. The molecule has 1 aliphatic carbocycles. The van der Waals surface area contributed by atoms with Crippen molar-refractivity contribution in [2.45, 2.75) is 57.8 Å². The Balaban J connectivity index is 1.28. The van der Waals surface area contributed by atoms with Gasteiger partial charge in [0.2, 0.25) is 11.8 Å². The van der Waals surface area contributed by atoms with Crippen molar-refractivity contribution < 1.29 is 14.3 Å². The van der Waals surface area contributed by atoms with Crippen LogP contribution in [0.25, 0.3) is 0 Å². The molecule has 1 saturated heterocycles. The summed E-state index contributed by atoms with van der Waals surface area (Å²) >= 11 is 0. The van der Waals surface area contributed by atoms with E-state index in [-0.39, 0.29) is 11.8 Å². The minimum atomic E-state index is 0.172. The molecule has 2 aliphatic rings. The van der Waals surface area contributed by atoms with Gasteiger partial charge in [0.25, 0.3) is 0 Å². The highest BCUT2D eigenvalue weighted by Crippen LogP contribution is 2.27. The quantitative estimate of drug-likeness (QED) is 0.637. The lowest BCUT2D eigenvalue weighted by Crippen LogP contribution is -2.50. The van der Waals surface area contributed by atoms with E-state index in [1.807, 2.05) is 40.1 Å². The summed E-state index contributed by atoms with van der Waals surface area (Å²) in [5.74, 6) is 2.04. The van der Waals surface area contributed by atoms with E-state index in [1.165, 1.54) is 32.1 Å². The summed E-state index contributed by atoms with van der Waals surface area (Å²) in [4.78, 5) is 28.7. The first-order valence-corrected chi connectivity index (χ1v) is 11.0. The van der Waals surface area contributed by atoms with Crippen LogP contribution < -0.4 is 4.74 Å². The Hall–Kier alpha value is -2.04. The van der Waals surface area contributed by atoms with Gasteiger partial charge >= 0.3 is 0 Å². The van der Waals surface area contributed by atoms with Gasteiger partial charge in [0.05, 0.1) is 6.61 Å². The zero-order chi connectivity index (χ0) is 19.6. The third kappa shape index (κ3) is 6.54. The minimum Gasteiger partial charge on any atom is -0.494 e. The monoisotopic (exact) mass is 386 g/mol. The number of piperazine rings is 1. The molecule has 1 heterocycles. The van der Waals surface area contributed by atoms with Crippen LogP contribution in [-0.2, 0) is 9.59 Å². The van der Waals surface area contributed by atoms with E-state index < -0.39 is 0 Å². The van der Waals surface area contributed by atoms with Gasteiger partial charge in [0, 0.05) is 39.0 Å². The number of hydrogen-bond acceptors (Lipinski definition) is 3. The molecule has 28 heavy (non-hydrogen) atoms. The van der Waals surface area contributed by atoms with Gasteiger partial charge in [0.15, 0.2) is 0 Å². The molecule has 5 nitrogen and oxygen atoms in total. The van der Waals surface area contributed by atoms with E-state index in [0.29, 0.717) is 52.0 Å². The Morgan fingerprint density at radius 3 is 2.11 bits per heavy atom. The van der Waals surface area contributed by atoms with E-state index in [9.17, 15) is 9.59 Å². The van der Waals surface area contributed by atoms with Gasteiger partial charge in [0.1, 0.15) is 5.75 Å². The topological polar surface area (TPSA) is 49.9 Å². The number of ether oxygens (including phenoxy) is 1. The highest BCUT2D eigenvalue weighted by molar-refractivity contribution is 5.78. The Morgan fingerprint density at radius 1 is 0.857 bits per heavy atom. The van der Waals surface area contributed by atoms with Crippen molar-refractivity contribution in [1.29, 1.82) is 0 Å². The van der Waals surface area contributed by atoms with Gasteiger partial charge in [-0.15, -0.1) is 0 Å². The van der Waals surface area contributed by atoms with Gasteiger partial charge in [-0.2, -0.15) is 0 Å². The number of benzene rings is 1. The zero-order valence-electron chi connectivity index (χ0n) is 17.0. The molecule has 0 aromatic heterocycles. The maximum absolute atomic E-state index is 12.5. The third-order valence-corrected chi connectivity index (χ3v) is 6.02. The molecular formula is C23H34N2O3. The van der Waals surface area contributed by atoms with Crippen LogP contribution in [0.15, 0.2) is 30.3 Å². The molecule has 0 N–H and O–H groups in total. The second-order valence-electron chi connectivity index (χ2n) is 8.07. The highest BCUT2D eigenvalue weighted by Gasteiger charge is 2.24. The Labute approximate surface area is 169 Å². The number of rotatable bonds is 8. The number of amides is 2. The Kier molecular flexibility index (Phi) is 8.19. The van der Waals surface area contributed by atoms with Gasteiger partial charge in [-0.05, 0) is 30.9 Å². The lowest BCUT2D eigenvalue weighted by atomic mass is 9.86. The SMILES string of the molecule is O=C(CCCOc1ccccc1)N1CCN(C(=O)CCC2CCCCC2)CC1. The first-order valence-electron chi connectivity index (χ1n) is 11.0. The molecule has 5 heteroatoms. The lowest BCUT2D eigenvalue weighted by Gasteiger charge is -2.35. The normalized spacial score (nSPS) is 18.1. The van der Waals surface area contributed by atoms with Crippen molar-refractivity contribution in [1.82, 2.24) is 9.80 Å². The van der Waals surface area contributed by atoms with Gasteiger partial charge in [-0.1, -0.05) is 50.3 Å². The average Bonchev–Trinajstić information content (AvgIpc) is 2.76. The fraction of sp³-hybridized carbons (Fsp3) is 0.652. The number of carbonyl (C=O) groups is 2. The molecule has 1 aromatic carbocycles. The molecule has 0 spiro atoms. The molecule has 154 valence electrons. The van der Waals surface area contributed by atoms with Gasteiger partial charge in [-0.25, -0.2) is 0 Å². The van der Waals surface area contributed by atoms with Crippen LogP contribution in [0.3, 0.4) is 0 Å². The summed E-state index contributed by atoms with van der Waals surface area (Å²) < 4.78 is 5.65. The summed E-state index contributed by atoms with van der Waals surface area (Å²) in [5.41, 5.74) is 0. The molecule has 1 aromatic rings. The average molecular weight is 387 g/mol. The van der Waals surface area contributed by atoms with Crippen molar-refractivity contribution in [2.24, 2.45) is 5.92 Å². The summed E-state index contributed by atoms with van der Waals surface area (Å²) in [6.45, 7) is 3.22. The zero-order valence-corrected chi connectivity index (χ0v) is 17.0. The maximum atomic E-state index is 12.5. The predicted molar refractivity (Wildman–Crippen MR) is 110 cm³/mol. The van der Waals surface area contributed by atoms with Crippen molar-refractivity contribution in [3.8, 4) is 5.75 Å². The Bertz CT molecular complexity index is 606. The summed E-state index contributed by atoms with van der Waals surface area (Å²) in [7, 11) is 0. The minimum absolute atomic E-state index is 0.172. The van der Waals surface area contributed by atoms with Crippen LogP contribution in [0.2, 0.25) is 0 Å². The van der Waals surface area contributed by atoms with E-state index in [2.05, 4.69) is 0 Å². The fourth-order valence-electron chi connectivity index (χ4n) is 4.26. The summed E-state index contributed by atoms with van der Waals surface area (Å²) in [5, 5.41) is 0. The number of hydrogen-bond donors (Lipinski definition) is 0. The van der Waals surface area contributed by atoms with Crippen molar-refractivity contribution in [2.75, 3.05) is 32.8 Å². The van der Waals surface area contributed by atoms with E-state index in [0.717, 1.165) is 18.1 Å². The van der Waals surface area contributed by atoms with Crippen molar-refractivity contribution >= 4 is 11.8 Å². The van der Waals surface area contributed by atoms with E-state index >= 15 is 0 Å². The maximum Gasteiger partial charge on any atom is 0.222 e. The molecule has 2 amide bonds. The lowest BCUT2D eigenvalue weighted by molar-refractivity contribution is -0.139. The molecule has 3 rings (SSSR count). The van der Waals surface area contributed by atoms with E-state index in [4.69, 9.17) is 4.74 Å². The standard InChI is InChI=1S/C23H34N2O3/c26-22(12-7-19-28-21-10-5-2-6-11-21)24-15-17-25(18-16-24)23(27)14-13-20-8-3-1-4-9-20/h2,5-6,10-11,20H,1,3-4,7-9,12-19H2. The first kappa shape index (κ1) is 20.7. The van der Waals surface area contributed by atoms with Crippen LogP contribution in [-0.4, -0.2) is 54.4 Å². The molecule has 1 aliphatic heterocycles. The van der Waals surface area contributed by atoms with Crippen molar-refractivity contribution in [3.05, 3.63) is 30.3 Å². The first-order chi connectivity index (χ1) is 13.7. The predicted octanol–water partition coefficient (Wildman–Crippen LogP) is 3.88. The Morgan fingerprint density at radius 2 is 1.46 bits per heavy atom. The number of carbonyl (C=O) groups excluding carboxylic acids is 2. The second kappa shape index (κ2) is 11.1. The molecule has 0 radical (unpaired) electrons. The second-order valence-corrected chi connectivity index (χ2v) is 8.07. The van der Waals surface area contributed by atoms with Crippen LogP contribution >= 0.6 is 0 Å². The molecule has 0 atom stereocenters. The highest BCUT2D eigenvalue weighted by atomic mass is 16.5. The third-order valence-electron chi connectivity index (χ3n) is 6.02. The van der Waals surface area contributed by atoms with Gasteiger partial charge in [-0.3, -0.25) is 9.59 Å². The van der Waals surface area contributed by atoms with Crippen LogP contribution in [0.1, 0.15) is 57.8 Å². The molecule has 2 fully saturated rings. The van der Waals surface area contributed by atoms with Crippen LogP contribution in [0, 0.1) is 5.92 Å². The largest absolute Gasteiger partial charge is 0.494 e. The van der Waals surface area contributed by atoms with Crippen LogP contribution in [0.4, 0.5) is 0 Å². The number of para-hydroxylation sites is 1. The number of nitrogens with zero attached hydrogens (tertiary/aromatic N) is 2. The summed E-state index contributed by atoms with van der Waals surface area (Å²) in [6.07, 6.45) is 9.55. The summed E-state index contributed by atoms with van der Waals surface area (Å²) in [6, 6.07) is 9.68. The van der Waals surface area contributed by atoms with E-state index in [1.54, 1.807) is 0 Å². The molecule has 1 saturated carbocycles. The molecule has 0 unspecified atom stereocenters. The van der Waals surface area contributed by atoms with Crippen molar-refractivity contribution in [3.63, 3.8) is 0 Å². The molecular weight excluding hydrogens is 352 g/mol. The van der Waals surface area contributed by atoms with Crippen LogP contribution in [0.5, 0.6) is 5.75 Å². The smallest absolute Gasteiger partial charge is 0.222 e. The fourth-order valence-corrected chi connectivity index (χ4v) is 4.26. The van der Waals surface area contributed by atoms with Gasteiger partial charge < -0.3 is 14.5 Å².